The summed E-state index contributed by atoms with van der Waals surface area (Å²) in [5.41, 5.74) is 2.74. The van der Waals surface area contributed by atoms with Crippen LogP contribution in [0.25, 0.3) is 0 Å². The molecule has 1 unspecified atom stereocenters. The van der Waals surface area contributed by atoms with Gasteiger partial charge in [-0.25, -0.2) is 9.97 Å². The second-order valence-corrected chi connectivity index (χ2v) is 8.93. The van der Waals surface area contributed by atoms with Crippen molar-refractivity contribution >= 4 is 11.7 Å². The van der Waals surface area contributed by atoms with Crippen molar-refractivity contribution in [1.82, 2.24) is 15.3 Å². The Morgan fingerprint density at radius 1 is 1.30 bits per heavy atom. The normalized spacial score (nSPS) is 22.4. The van der Waals surface area contributed by atoms with E-state index in [1.807, 2.05) is 0 Å². The summed E-state index contributed by atoms with van der Waals surface area (Å²) in [6.07, 6.45) is 13.1. The predicted octanol–water partition coefficient (Wildman–Crippen LogP) is 3.66. The quantitative estimate of drug-likeness (QED) is 0.796. The number of nitrogens with zero attached hydrogens (tertiary/aromatic N) is 3. The lowest BCUT2D eigenvalue weighted by atomic mass is 9.86. The van der Waals surface area contributed by atoms with Crippen molar-refractivity contribution in [2.24, 2.45) is 11.8 Å². The lowest BCUT2D eigenvalue weighted by molar-refractivity contribution is -0.126. The first-order valence-corrected chi connectivity index (χ1v) is 11.0. The number of anilines is 1. The lowest BCUT2D eigenvalue weighted by Crippen LogP contribution is -2.49. The van der Waals surface area contributed by atoms with Gasteiger partial charge < -0.3 is 10.2 Å². The minimum Gasteiger partial charge on any atom is -0.356 e. The van der Waals surface area contributed by atoms with Crippen molar-refractivity contribution in [1.29, 1.82) is 0 Å². The third-order valence-corrected chi connectivity index (χ3v) is 7.03. The smallest absolute Gasteiger partial charge is 0.223 e. The summed E-state index contributed by atoms with van der Waals surface area (Å²) < 4.78 is 0. The van der Waals surface area contributed by atoms with E-state index in [-0.39, 0.29) is 17.4 Å². The van der Waals surface area contributed by atoms with E-state index in [4.69, 9.17) is 0 Å². The highest BCUT2D eigenvalue weighted by Gasteiger charge is 2.51. The summed E-state index contributed by atoms with van der Waals surface area (Å²) in [4.78, 5) is 24.2. The van der Waals surface area contributed by atoms with E-state index in [1.165, 1.54) is 23.5 Å². The molecule has 1 aliphatic heterocycles. The molecule has 1 amide bonds. The van der Waals surface area contributed by atoms with Crippen LogP contribution in [0, 0.1) is 11.8 Å². The maximum Gasteiger partial charge on any atom is 0.223 e. The number of hydrogen-bond donors (Lipinski definition) is 1. The Balaban J connectivity index is 1.34. The maximum absolute atomic E-state index is 12.6. The molecule has 27 heavy (non-hydrogen) atoms. The van der Waals surface area contributed by atoms with Crippen molar-refractivity contribution in [3.63, 3.8) is 0 Å². The maximum atomic E-state index is 12.6. The van der Waals surface area contributed by atoms with Crippen molar-refractivity contribution < 1.29 is 4.79 Å². The van der Waals surface area contributed by atoms with Crippen LogP contribution < -0.4 is 10.2 Å². The molecule has 1 atom stereocenters. The predicted molar refractivity (Wildman–Crippen MR) is 108 cm³/mol. The third-order valence-electron chi connectivity index (χ3n) is 7.03. The van der Waals surface area contributed by atoms with Crippen LogP contribution in [-0.2, 0) is 17.6 Å². The van der Waals surface area contributed by atoms with E-state index in [2.05, 4.69) is 34.0 Å². The number of nitrogens with one attached hydrogen (secondary N) is 1. The molecule has 1 saturated heterocycles. The SMILES string of the molecule is CCCCC(C)C(=O)NC1(C2CCN(c3ncnc4c3CCC4)CC2)CC1. The summed E-state index contributed by atoms with van der Waals surface area (Å²) >= 11 is 0. The van der Waals surface area contributed by atoms with Crippen LogP contribution in [0.4, 0.5) is 5.82 Å². The Bertz CT molecular complexity index is 677. The minimum absolute atomic E-state index is 0.0945. The molecule has 1 saturated carbocycles. The summed E-state index contributed by atoms with van der Waals surface area (Å²) in [6, 6.07) is 0. The Labute approximate surface area is 163 Å². The number of amides is 1. The van der Waals surface area contributed by atoms with E-state index in [1.54, 1.807) is 6.33 Å². The highest BCUT2D eigenvalue weighted by molar-refractivity contribution is 5.79. The number of hydrogen-bond acceptors (Lipinski definition) is 4. The van der Waals surface area contributed by atoms with E-state index < -0.39 is 0 Å². The second-order valence-electron chi connectivity index (χ2n) is 8.93. The zero-order valence-electron chi connectivity index (χ0n) is 17.0. The van der Waals surface area contributed by atoms with Gasteiger partial charge in [0.1, 0.15) is 12.1 Å². The van der Waals surface area contributed by atoms with Gasteiger partial charge in [-0.2, -0.15) is 0 Å². The summed E-state index contributed by atoms with van der Waals surface area (Å²) in [5, 5.41) is 3.46. The van der Waals surface area contributed by atoms with Crippen LogP contribution in [0.2, 0.25) is 0 Å². The number of rotatable bonds is 7. The van der Waals surface area contributed by atoms with Gasteiger partial charge in [0.15, 0.2) is 0 Å². The summed E-state index contributed by atoms with van der Waals surface area (Å²) in [5.74, 6) is 2.21. The molecule has 3 aliphatic rings. The Morgan fingerprint density at radius 2 is 2.07 bits per heavy atom. The molecule has 1 N–H and O–H groups in total. The van der Waals surface area contributed by atoms with Crippen molar-refractivity contribution in [3.8, 4) is 0 Å². The van der Waals surface area contributed by atoms with E-state index in [9.17, 15) is 4.79 Å². The average molecular weight is 371 g/mol. The molecule has 0 bridgehead atoms. The fourth-order valence-electron chi connectivity index (χ4n) is 5.04. The number of piperidine rings is 1. The number of fused-ring (bicyclic) bond motifs is 1. The molecule has 0 radical (unpaired) electrons. The zero-order chi connectivity index (χ0) is 18.9. The first-order chi connectivity index (χ1) is 13.1. The first kappa shape index (κ1) is 18.7. The Morgan fingerprint density at radius 3 is 2.78 bits per heavy atom. The monoisotopic (exact) mass is 370 g/mol. The zero-order valence-corrected chi connectivity index (χ0v) is 17.0. The molecule has 2 aliphatic carbocycles. The van der Waals surface area contributed by atoms with Crippen LogP contribution in [0.15, 0.2) is 6.33 Å². The topological polar surface area (TPSA) is 58.1 Å². The fraction of sp³-hybridized carbons (Fsp3) is 0.773. The molecular weight excluding hydrogens is 336 g/mol. The van der Waals surface area contributed by atoms with Gasteiger partial charge in [-0.1, -0.05) is 26.7 Å². The number of carbonyl (C=O) groups excluding carboxylic acids is 1. The Kier molecular flexibility index (Phi) is 5.38. The molecule has 5 nitrogen and oxygen atoms in total. The first-order valence-electron chi connectivity index (χ1n) is 11.0. The van der Waals surface area contributed by atoms with Crippen LogP contribution in [-0.4, -0.2) is 34.5 Å². The van der Waals surface area contributed by atoms with Gasteiger partial charge in [-0.3, -0.25) is 4.79 Å². The number of aryl methyl sites for hydroxylation is 1. The summed E-state index contributed by atoms with van der Waals surface area (Å²) in [7, 11) is 0. The molecule has 5 heteroatoms. The third kappa shape index (κ3) is 3.83. The molecule has 0 spiro atoms. The highest BCUT2D eigenvalue weighted by Crippen LogP contribution is 2.47. The van der Waals surface area contributed by atoms with Gasteiger partial charge in [0.25, 0.3) is 0 Å². The second kappa shape index (κ2) is 7.76. The van der Waals surface area contributed by atoms with Crippen LogP contribution in [0.3, 0.4) is 0 Å². The molecule has 2 fully saturated rings. The average Bonchev–Trinajstić information content (AvgIpc) is 3.31. The molecule has 2 heterocycles. The van der Waals surface area contributed by atoms with Gasteiger partial charge in [0, 0.05) is 35.8 Å². The molecule has 4 rings (SSSR count). The van der Waals surface area contributed by atoms with Crippen LogP contribution in [0.5, 0.6) is 0 Å². The molecule has 1 aromatic rings. The molecule has 148 valence electrons. The largest absolute Gasteiger partial charge is 0.356 e. The van der Waals surface area contributed by atoms with Crippen molar-refractivity contribution in [2.45, 2.75) is 83.6 Å². The van der Waals surface area contributed by atoms with Gasteiger partial charge in [0.2, 0.25) is 5.91 Å². The number of carbonyl (C=O) groups is 1. The van der Waals surface area contributed by atoms with Crippen molar-refractivity contribution in [2.75, 3.05) is 18.0 Å². The van der Waals surface area contributed by atoms with Crippen LogP contribution >= 0.6 is 0 Å². The molecule has 1 aromatic heterocycles. The number of unbranched alkanes of at least 4 members (excludes halogenated alkanes) is 1. The minimum atomic E-state index is 0.0945. The van der Waals surface area contributed by atoms with Gasteiger partial charge >= 0.3 is 0 Å². The lowest BCUT2D eigenvalue weighted by Gasteiger charge is -2.38. The van der Waals surface area contributed by atoms with Crippen molar-refractivity contribution in [3.05, 3.63) is 17.6 Å². The van der Waals surface area contributed by atoms with E-state index in [0.717, 1.165) is 70.9 Å². The number of aromatic nitrogens is 2. The van der Waals surface area contributed by atoms with Gasteiger partial charge in [-0.15, -0.1) is 0 Å². The highest BCUT2D eigenvalue weighted by atomic mass is 16.2. The Hall–Kier alpha value is -1.65. The van der Waals surface area contributed by atoms with Gasteiger partial charge in [-0.05, 0) is 57.3 Å². The standard InChI is InChI=1S/C22H34N4O/c1-3-4-6-16(2)21(27)25-22(11-12-22)17-9-13-26(14-10-17)20-18-7-5-8-19(18)23-15-24-20/h15-17H,3-14H2,1-2H3,(H,25,27). The fourth-order valence-corrected chi connectivity index (χ4v) is 5.04. The van der Waals surface area contributed by atoms with E-state index in [0.29, 0.717) is 5.92 Å². The molecule has 0 aromatic carbocycles. The van der Waals surface area contributed by atoms with Gasteiger partial charge in [0.05, 0.1) is 0 Å². The van der Waals surface area contributed by atoms with Crippen LogP contribution in [0.1, 0.15) is 76.5 Å². The van der Waals surface area contributed by atoms with E-state index >= 15 is 0 Å². The molecular formula is C22H34N4O. The summed E-state index contributed by atoms with van der Waals surface area (Å²) in [6.45, 7) is 6.38.